The van der Waals surface area contributed by atoms with Gasteiger partial charge in [-0.3, -0.25) is 9.59 Å². The summed E-state index contributed by atoms with van der Waals surface area (Å²) in [7, 11) is 0. The normalized spacial score (nSPS) is 15.2. The molecule has 4 rings (SSSR count). The Hall–Kier alpha value is -3.10. The second-order valence-corrected chi connectivity index (χ2v) is 9.80. The topological polar surface area (TPSA) is 85.3 Å². The van der Waals surface area contributed by atoms with Crippen LogP contribution in [0.3, 0.4) is 0 Å². The number of rotatable bonds is 9. The first kappa shape index (κ1) is 25.0. The highest BCUT2D eigenvalue weighted by atomic mass is 32.2. The number of thioether (sulfide) groups is 1. The molecule has 8 heteroatoms. The number of aryl methyl sites for hydroxylation is 2. The van der Waals surface area contributed by atoms with Crippen molar-refractivity contribution in [2.45, 2.75) is 58.0 Å². The third-order valence-electron chi connectivity index (χ3n) is 6.18. The SMILES string of the molecule is Cc1ccc(CNC(=O)c2ccccc2NC(=O)CSc2nc(C)c(C)n2C[C@@H]2CCCO2)cc1. The van der Waals surface area contributed by atoms with E-state index in [1.807, 2.05) is 45.0 Å². The monoisotopic (exact) mass is 492 g/mol. The molecular weight excluding hydrogens is 460 g/mol. The van der Waals surface area contributed by atoms with Crippen LogP contribution in [0.5, 0.6) is 0 Å². The Morgan fingerprint density at radius 2 is 1.89 bits per heavy atom. The van der Waals surface area contributed by atoms with E-state index in [-0.39, 0.29) is 23.7 Å². The van der Waals surface area contributed by atoms with Gasteiger partial charge in [0.1, 0.15) is 0 Å². The highest BCUT2D eigenvalue weighted by Gasteiger charge is 2.21. The van der Waals surface area contributed by atoms with Gasteiger partial charge in [-0.1, -0.05) is 53.7 Å². The van der Waals surface area contributed by atoms with Crippen LogP contribution in [-0.4, -0.2) is 39.8 Å². The molecule has 2 amide bonds. The molecule has 1 atom stereocenters. The summed E-state index contributed by atoms with van der Waals surface area (Å²) in [5.41, 5.74) is 5.18. The number of carbonyl (C=O) groups is 2. The summed E-state index contributed by atoms with van der Waals surface area (Å²) >= 11 is 1.40. The minimum Gasteiger partial charge on any atom is -0.376 e. The molecule has 184 valence electrons. The number of nitrogens with zero attached hydrogens (tertiary/aromatic N) is 2. The number of aromatic nitrogens is 2. The zero-order valence-corrected chi connectivity index (χ0v) is 21.3. The van der Waals surface area contributed by atoms with Gasteiger partial charge in [0.05, 0.1) is 35.3 Å². The third kappa shape index (κ3) is 6.52. The lowest BCUT2D eigenvalue weighted by molar-refractivity contribution is -0.113. The van der Waals surface area contributed by atoms with Crippen molar-refractivity contribution in [2.75, 3.05) is 17.7 Å². The molecule has 2 heterocycles. The van der Waals surface area contributed by atoms with Gasteiger partial charge in [0.25, 0.3) is 5.91 Å². The minimum absolute atomic E-state index is 0.184. The standard InChI is InChI=1S/C27H32N4O3S/c1-18-10-12-21(13-11-18)15-28-26(33)23-8-4-5-9-24(23)30-25(32)17-35-27-29-19(2)20(3)31(27)16-22-7-6-14-34-22/h4-5,8-13,22H,6-7,14-17H2,1-3H3,(H,28,33)(H,30,32)/t22-/m0/s1. The van der Waals surface area contributed by atoms with Crippen molar-refractivity contribution >= 4 is 29.3 Å². The Kier molecular flexibility index (Phi) is 8.25. The van der Waals surface area contributed by atoms with Gasteiger partial charge in [-0.25, -0.2) is 4.98 Å². The lowest BCUT2D eigenvalue weighted by Crippen LogP contribution is -2.25. The Balaban J connectivity index is 1.36. The largest absolute Gasteiger partial charge is 0.376 e. The Morgan fingerprint density at radius 3 is 2.63 bits per heavy atom. The van der Waals surface area contributed by atoms with E-state index >= 15 is 0 Å². The first-order chi connectivity index (χ1) is 16.9. The Labute approximate surface area is 210 Å². The van der Waals surface area contributed by atoms with Crippen molar-refractivity contribution in [3.63, 3.8) is 0 Å². The third-order valence-corrected chi connectivity index (χ3v) is 7.16. The van der Waals surface area contributed by atoms with Gasteiger partial charge >= 0.3 is 0 Å². The molecule has 0 saturated carbocycles. The summed E-state index contributed by atoms with van der Waals surface area (Å²) in [6, 6.07) is 15.1. The number of amides is 2. The molecule has 35 heavy (non-hydrogen) atoms. The summed E-state index contributed by atoms with van der Waals surface area (Å²) in [5, 5.41) is 6.65. The highest BCUT2D eigenvalue weighted by Crippen LogP contribution is 2.25. The Bertz CT molecular complexity index is 1180. The molecule has 0 unspecified atom stereocenters. The van der Waals surface area contributed by atoms with Crippen molar-refractivity contribution in [1.82, 2.24) is 14.9 Å². The molecule has 2 N–H and O–H groups in total. The number of benzene rings is 2. The second-order valence-electron chi connectivity index (χ2n) is 8.86. The van der Waals surface area contributed by atoms with E-state index in [0.717, 1.165) is 48.1 Å². The zero-order valence-electron chi connectivity index (χ0n) is 20.5. The molecule has 1 aliphatic heterocycles. The molecular formula is C27H32N4O3S. The smallest absolute Gasteiger partial charge is 0.253 e. The average Bonchev–Trinajstić information content (AvgIpc) is 3.46. The molecule has 7 nitrogen and oxygen atoms in total. The van der Waals surface area contributed by atoms with Crippen molar-refractivity contribution in [1.29, 1.82) is 0 Å². The zero-order chi connectivity index (χ0) is 24.8. The fourth-order valence-electron chi connectivity index (χ4n) is 4.03. The van der Waals surface area contributed by atoms with E-state index in [1.165, 1.54) is 17.3 Å². The van der Waals surface area contributed by atoms with Gasteiger partial charge < -0.3 is 19.9 Å². The van der Waals surface area contributed by atoms with Gasteiger partial charge in [-0.15, -0.1) is 0 Å². The van der Waals surface area contributed by atoms with Gasteiger partial charge in [-0.2, -0.15) is 0 Å². The molecule has 1 aliphatic rings. The van der Waals surface area contributed by atoms with E-state index in [1.54, 1.807) is 24.3 Å². The molecule has 1 fully saturated rings. The van der Waals surface area contributed by atoms with E-state index in [9.17, 15) is 9.59 Å². The highest BCUT2D eigenvalue weighted by molar-refractivity contribution is 7.99. The summed E-state index contributed by atoms with van der Waals surface area (Å²) in [6.07, 6.45) is 2.32. The lowest BCUT2D eigenvalue weighted by Gasteiger charge is -2.15. The van der Waals surface area contributed by atoms with Crippen molar-refractivity contribution in [3.8, 4) is 0 Å². The number of anilines is 1. The van der Waals surface area contributed by atoms with Crippen LogP contribution in [0.15, 0.2) is 53.7 Å². The summed E-state index contributed by atoms with van der Waals surface area (Å²) in [4.78, 5) is 30.3. The molecule has 2 aromatic carbocycles. The fourth-order valence-corrected chi connectivity index (χ4v) is 4.93. The quantitative estimate of drug-likeness (QED) is 0.425. The van der Waals surface area contributed by atoms with E-state index in [0.29, 0.717) is 17.8 Å². The number of hydrogen-bond acceptors (Lipinski definition) is 5. The first-order valence-electron chi connectivity index (χ1n) is 11.9. The van der Waals surface area contributed by atoms with E-state index < -0.39 is 0 Å². The maximum absolute atomic E-state index is 12.8. The summed E-state index contributed by atoms with van der Waals surface area (Å²) in [6.45, 7) is 8.04. The number of hydrogen-bond donors (Lipinski definition) is 2. The van der Waals surface area contributed by atoms with Crippen LogP contribution >= 0.6 is 11.8 Å². The number of imidazole rings is 1. The van der Waals surface area contributed by atoms with Gasteiger partial charge in [0.2, 0.25) is 5.91 Å². The van der Waals surface area contributed by atoms with Crippen LogP contribution in [0, 0.1) is 20.8 Å². The fraction of sp³-hybridized carbons (Fsp3) is 0.370. The van der Waals surface area contributed by atoms with Crippen LogP contribution in [0.2, 0.25) is 0 Å². The van der Waals surface area contributed by atoms with Gasteiger partial charge in [0, 0.05) is 18.8 Å². The van der Waals surface area contributed by atoms with E-state index in [2.05, 4.69) is 20.2 Å². The summed E-state index contributed by atoms with van der Waals surface area (Å²) < 4.78 is 7.94. The number of ether oxygens (including phenoxy) is 1. The number of carbonyl (C=O) groups excluding carboxylic acids is 2. The van der Waals surface area contributed by atoms with Crippen molar-refractivity contribution in [3.05, 3.63) is 76.6 Å². The molecule has 0 aliphatic carbocycles. The number of para-hydroxylation sites is 1. The van der Waals surface area contributed by atoms with Crippen molar-refractivity contribution in [2.24, 2.45) is 0 Å². The molecule has 0 spiro atoms. The lowest BCUT2D eigenvalue weighted by atomic mass is 10.1. The van der Waals surface area contributed by atoms with Crippen LogP contribution in [-0.2, 0) is 22.6 Å². The Morgan fingerprint density at radius 1 is 1.11 bits per heavy atom. The minimum atomic E-state index is -0.229. The van der Waals surface area contributed by atoms with Crippen LogP contribution in [0.25, 0.3) is 0 Å². The predicted octanol–water partition coefficient (Wildman–Crippen LogP) is 4.65. The predicted molar refractivity (Wildman–Crippen MR) is 139 cm³/mol. The average molecular weight is 493 g/mol. The van der Waals surface area contributed by atoms with Crippen LogP contribution in [0.4, 0.5) is 5.69 Å². The van der Waals surface area contributed by atoms with Gasteiger partial charge in [-0.05, 0) is 51.3 Å². The maximum Gasteiger partial charge on any atom is 0.253 e. The summed E-state index contributed by atoms with van der Waals surface area (Å²) in [5.74, 6) is -0.218. The van der Waals surface area contributed by atoms with Gasteiger partial charge in [0.15, 0.2) is 5.16 Å². The first-order valence-corrected chi connectivity index (χ1v) is 12.9. The molecule has 0 bridgehead atoms. The molecule has 0 radical (unpaired) electrons. The maximum atomic E-state index is 12.8. The van der Waals surface area contributed by atoms with Crippen molar-refractivity contribution < 1.29 is 14.3 Å². The molecule has 1 saturated heterocycles. The molecule has 1 aromatic heterocycles. The van der Waals surface area contributed by atoms with Crippen LogP contribution < -0.4 is 10.6 Å². The molecule has 3 aromatic rings. The van der Waals surface area contributed by atoms with E-state index in [4.69, 9.17) is 4.74 Å². The number of nitrogens with one attached hydrogen (secondary N) is 2. The second kappa shape index (κ2) is 11.6. The van der Waals surface area contributed by atoms with Crippen LogP contribution in [0.1, 0.15) is 45.7 Å².